The minimum atomic E-state index is -0.0505. The van der Waals surface area contributed by atoms with Crippen molar-refractivity contribution in [2.75, 3.05) is 17.2 Å². The third-order valence-electron chi connectivity index (χ3n) is 4.77. The molecule has 1 amide bonds. The second kappa shape index (κ2) is 11.6. The summed E-state index contributed by atoms with van der Waals surface area (Å²) in [5, 5.41) is 6.31. The standard InChI is InChI=1S/C26H29BrN2O3/c1-4-31-24-15-20(14-23(27)25(24)32-17-19-8-6-5-7-9-19)16-28-21-10-12-22(13-11-21)29-26(30)18(2)3/h5-15,18,28H,4,16-17H2,1-3H3,(H,29,30). The number of halogens is 1. The van der Waals surface area contributed by atoms with Gasteiger partial charge in [0, 0.05) is 23.8 Å². The molecule has 6 heteroatoms. The van der Waals surface area contributed by atoms with Crippen LogP contribution in [0.25, 0.3) is 0 Å². The summed E-state index contributed by atoms with van der Waals surface area (Å²) in [6.07, 6.45) is 0. The van der Waals surface area contributed by atoms with Crippen molar-refractivity contribution in [1.82, 2.24) is 0 Å². The highest BCUT2D eigenvalue weighted by Gasteiger charge is 2.13. The molecule has 3 aromatic carbocycles. The van der Waals surface area contributed by atoms with Crippen LogP contribution in [0.5, 0.6) is 11.5 Å². The number of anilines is 2. The molecule has 5 nitrogen and oxygen atoms in total. The molecule has 0 atom stereocenters. The summed E-state index contributed by atoms with van der Waals surface area (Å²) in [6.45, 7) is 7.34. The Bertz CT molecular complexity index is 1020. The van der Waals surface area contributed by atoms with Gasteiger partial charge in [-0.15, -0.1) is 0 Å². The first kappa shape index (κ1) is 23.7. The third kappa shape index (κ3) is 6.76. The van der Waals surface area contributed by atoms with Crippen molar-refractivity contribution < 1.29 is 14.3 Å². The Hall–Kier alpha value is -2.99. The summed E-state index contributed by atoms with van der Waals surface area (Å²) in [5.74, 6) is 1.37. The molecular formula is C26H29BrN2O3. The van der Waals surface area contributed by atoms with E-state index >= 15 is 0 Å². The van der Waals surface area contributed by atoms with Crippen molar-refractivity contribution >= 4 is 33.2 Å². The lowest BCUT2D eigenvalue weighted by Crippen LogP contribution is -2.17. The van der Waals surface area contributed by atoms with Gasteiger partial charge in [0.05, 0.1) is 11.1 Å². The second-order valence-corrected chi connectivity index (χ2v) is 8.54. The van der Waals surface area contributed by atoms with Gasteiger partial charge in [-0.2, -0.15) is 0 Å². The third-order valence-corrected chi connectivity index (χ3v) is 5.36. The number of hydrogen-bond acceptors (Lipinski definition) is 4. The molecule has 0 aromatic heterocycles. The maximum atomic E-state index is 11.8. The normalized spacial score (nSPS) is 10.7. The van der Waals surface area contributed by atoms with Gasteiger partial charge in [-0.3, -0.25) is 4.79 Å². The van der Waals surface area contributed by atoms with Crippen LogP contribution in [0.1, 0.15) is 31.9 Å². The predicted molar refractivity (Wildman–Crippen MR) is 133 cm³/mol. The maximum Gasteiger partial charge on any atom is 0.226 e. The van der Waals surface area contributed by atoms with Crippen molar-refractivity contribution in [3.63, 3.8) is 0 Å². The molecule has 3 rings (SSSR count). The van der Waals surface area contributed by atoms with Crippen LogP contribution < -0.4 is 20.1 Å². The first-order valence-corrected chi connectivity index (χ1v) is 11.5. The molecule has 2 N–H and O–H groups in total. The number of ether oxygens (including phenoxy) is 2. The quantitative estimate of drug-likeness (QED) is 0.330. The zero-order valence-corrected chi connectivity index (χ0v) is 20.2. The molecule has 0 spiro atoms. The van der Waals surface area contributed by atoms with Gasteiger partial charge in [0.15, 0.2) is 11.5 Å². The van der Waals surface area contributed by atoms with Gasteiger partial charge in [-0.05, 0) is 70.4 Å². The van der Waals surface area contributed by atoms with E-state index < -0.39 is 0 Å². The van der Waals surface area contributed by atoms with Crippen molar-refractivity contribution in [3.8, 4) is 11.5 Å². The van der Waals surface area contributed by atoms with Crippen molar-refractivity contribution in [2.45, 2.75) is 33.9 Å². The molecule has 0 saturated heterocycles. The largest absolute Gasteiger partial charge is 0.490 e. The Morgan fingerprint density at radius 2 is 1.62 bits per heavy atom. The van der Waals surface area contributed by atoms with Crippen LogP contribution in [-0.4, -0.2) is 12.5 Å². The van der Waals surface area contributed by atoms with Crippen LogP contribution >= 0.6 is 15.9 Å². The molecule has 0 aliphatic rings. The van der Waals surface area contributed by atoms with Crippen LogP contribution in [0.15, 0.2) is 71.2 Å². The Morgan fingerprint density at radius 3 is 2.28 bits per heavy atom. The lowest BCUT2D eigenvalue weighted by molar-refractivity contribution is -0.118. The monoisotopic (exact) mass is 496 g/mol. The molecule has 0 fully saturated rings. The first-order valence-electron chi connectivity index (χ1n) is 10.7. The minimum absolute atomic E-state index is 0.00795. The van der Waals surface area contributed by atoms with Crippen molar-refractivity contribution in [3.05, 3.63) is 82.3 Å². The highest BCUT2D eigenvalue weighted by Crippen LogP contribution is 2.37. The fourth-order valence-electron chi connectivity index (χ4n) is 3.02. The Balaban J connectivity index is 1.65. The van der Waals surface area contributed by atoms with E-state index in [-0.39, 0.29) is 11.8 Å². The summed E-state index contributed by atoms with van der Waals surface area (Å²) in [5.41, 5.74) is 3.91. The summed E-state index contributed by atoms with van der Waals surface area (Å²) >= 11 is 3.64. The highest BCUT2D eigenvalue weighted by atomic mass is 79.9. The maximum absolute atomic E-state index is 11.8. The number of carbonyl (C=O) groups excluding carboxylic acids is 1. The molecule has 0 radical (unpaired) electrons. The lowest BCUT2D eigenvalue weighted by Gasteiger charge is -2.16. The molecule has 0 unspecified atom stereocenters. The van der Waals surface area contributed by atoms with E-state index in [1.54, 1.807) is 0 Å². The summed E-state index contributed by atoms with van der Waals surface area (Å²) in [4.78, 5) is 11.8. The van der Waals surface area contributed by atoms with Gasteiger partial charge >= 0.3 is 0 Å². The number of benzene rings is 3. The van der Waals surface area contributed by atoms with E-state index in [1.165, 1.54) is 0 Å². The van der Waals surface area contributed by atoms with Crippen LogP contribution in [0, 0.1) is 5.92 Å². The Kier molecular flexibility index (Phi) is 8.56. The van der Waals surface area contributed by atoms with Gasteiger partial charge in [0.25, 0.3) is 0 Å². The average Bonchev–Trinajstić information content (AvgIpc) is 2.79. The Morgan fingerprint density at radius 1 is 0.938 bits per heavy atom. The molecule has 0 aliphatic carbocycles. The zero-order valence-electron chi connectivity index (χ0n) is 18.7. The SMILES string of the molecule is CCOc1cc(CNc2ccc(NC(=O)C(C)C)cc2)cc(Br)c1OCc1ccccc1. The van der Waals surface area contributed by atoms with Crippen LogP contribution in [0.2, 0.25) is 0 Å². The van der Waals surface area contributed by atoms with E-state index in [2.05, 4.69) is 26.6 Å². The smallest absolute Gasteiger partial charge is 0.226 e. The van der Waals surface area contributed by atoms with E-state index in [0.29, 0.717) is 31.3 Å². The molecule has 0 bridgehead atoms. The summed E-state index contributed by atoms with van der Waals surface area (Å²) in [6, 6.07) is 21.8. The second-order valence-electron chi connectivity index (χ2n) is 7.69. The summed E-state index contributed by atoms with van der Waals surface area (Å²) < 4.78 is 12.8. The lowest BCUT2D eigenvalue weighted by atomic mass is 10.1. The van der Waals surface area contributed by atoms with Crippen LogP contribution in [-0.2, 0) is 17.9 Å². The molecule has 168 valence electrons. The van der Waals surface area contributed by atoms with E-state index in [1.807, 2.05) is 87.5 Å². The number of nitrogens with one attached hydrogen (secondary N) is 2. The topological polar surface area (TPSA) is 59.6 Å². The molecule has 0 aliphatic heterocycles. The fraction of sp³-hybridized carbons (Fsp3) is 0.269. The molecule has 0 saturated carbocycles. The van der Waals surface area contributed by atoms with Crippen molar-refractivity contribution in [1.29, 1.82) is 0 Å². The number of rotatable bonds is 10. The average molecular weight is 497 g/mol. The molecule has 32 heavy (non-hydrogen) atoms. The number of carbonyl (C=O) groups is 1. The van der Waals surface area contributed by atoms with E-state index in [4.69, 9.17) is 9.47 Å². The van der Waals surface area contributed by atoms with E-state index in [9.17, 15) is 4.79 Å². The van der Waals surface area contributed by atoms with Gasteiger partial charge in [0.1, 0.15) is 6.61 Å². The van der Waals surface area contributed by atoms with Crippen LogP contribution in [0.3, 0.4) is 0 Å². The minimum Gasteiger partial charge on any atom is -0.490 e. The number of hydrogen-bond donors (Lipinski definition) is 2. The van der Waals surface area contributed by atoms with Crippen molar-refractivity contribution in [2.24, 2.45) is 5.92 Å². The van der Waals surface area contributed by atoms with Gasteiger partial charge < -0.3 is 20.1 Å². The van der Waals surface area contributed by atoms with Gasteiger partial charge in [-0.1, -0.05) is 44.2 Å². The fourth-order valence-corrected chi connectivity index (χ4v) is 3.62. The highest BCUT2D eigenvalue weighted by molar-refractivity contribution is 9.10. The Labute approximate surface area is 198 Å². The molecule has 3 aromatic rings. The zero-order chi connectivity index (χ0) is 22.9. The summed E-state index contributed by atoms with van der Waals surface area (Å²) in [7, 11) is 0. The molecule has 0 heterocycles. The molecular weight excluding hydrogens is 468 g/mol. The van der Waals surface area contributed by atoms with Gasteiger partial charge in [-0.25, -0.2) is 0 Å². The van der Waals surface area contributed by atoms with Crippen LogP contribution in [0.4, 0.5) is 11.4 Å². The van der Waals surface area contributed by atoms with E-state index in [0.717, 1.165) is 27.0 Å². The predicted octanol–water partition coefficient (Wildman–Crippen LogP) is 6.63. The number of amides is 1. The van der Waals surface area contributed by atoms with Gasteiger partial charge in [0.2, 0.25) is 5.91 Å². The first-order chi connectivity index (χ1) is 15.5.